The SMILES string of the molecule is COc1cc2c(cc1NC(=O)CN1CC[C@]3(CCCO3)[C@@H](OC)C1)oc1ccccc12. The van der Waals surface area contributed by atoms with E-state index in [1.807, 2.05) is 36.4 Å². The number of para-hydroxylation sites is 1. The van der Waals surface area contributed by atoms with Crippen molar-refractivity contribution >= 4 is 33.5 Å². The van der Waals surface area contributed by atoms with Gasteiger partial charge in [-0.05, 0) is 31.4 Å². The van der Waals surface area contributed by atoms with Crippen molar-refractivity contribution in [3.8, 4) is 5.75 Å². The Morgan fingerprint density at radius 1 is 1.19 bits per heavy atom. The fourth-order valence-corrected chi connectivity index (χ4v) is 5.01. The second-order valence-electron chi connectivity index (χ2n) is 8.42. The lowest BCUT2D eigenvalue weighted by Crippen LogP contribution is -2.57. The summed E-state index contributed by atoms with van der Waals surface area (Å²) in [5.41, 5.74) is 1.95. The smallest absolute Gasteiger partial charge is 0.238 e. The lowest BCUT2D eigenvalue weighted by atomic mass is 9.86. The Balaban J connectivity index is 1.31. The van der Waals surface area contributed by atoms with Gasteiger partial charge in [0, 0.05) is 43.6 Å². The highest BCUT2D eigenvalue weighted by molar-refractivity contribution is 6.07. The average molecular weight is 424 g/mol. The van der Waals surface area contributed by atoms with Crippen molar-refractivity contribution in [1.29, 1.82) is 0 Å². The Bertz CT molecular complexity index is 1100. The molecule has 1 aromatic heterocycles. The van der Waals surface area contributed by atoms with E-state index < -0.39 is 0 Å². The molecule has 1 spiro atoms. The summed E-state index contributed by atoms with van der Waals surface area (Å²) in [7, 11) is 3.33. The minimum Gasteiger partial charge on any atom is -0.495 e. The molecule has 164 valence electrons. The molecule has 2 aliphatic rings. The fourth-order valence-electron chi connectivity index (χ4n) is 5.01. The van der Waals surface area contributed by atoms with Gasteiger partial charge in [-0.3, -0.25) is 9.69 Å². The van der Waals surface area contributed by atoms with Crippen LogP contribution in [0.1, 0.15) is 19.3 Å². The molecule has 0 unspecified atom stereocenters. The summed E-state index contributed by atoms with van der Waals surface area (Å²) in [5, 5.41) is 4.99. The third-order valence-corrected chi connectivity index (χ3v) is 6.62. The first kappa shape index (κ1) is 20.3. The monoisotopic (exact) mass is 424 g/mol. The van der Waals surface area contributed by atoms with Crippen LogP contribution in [-0.4, -0.2) is 63.0 Å². The maximum atomic E-state index is 12.9. The molecule has 2 fully saturated rings. The topological polar surface area (TPSA) is 73.2 Å². The van der Waals surface area contributed by atoms with Crippen molar-refractivity contribution in [2.45, 2.75) is 31.0 Å². The Morgan fingerprint density at radius 3 is 2.84 bits per heavy atom. The summed E-state index contributed by atoms with van der Waals surface area (Å²) >= 11 is 0. The second kappa shape index (κ2) is 8.15. The zero-order chi connectivity index (χ0) is 21.4. The van der Waals surface area contributed by atoms with Gasteiger partial charge in [0.2, 0.25) is 5.91 Å². The van der Waals surface area contributed by atoms with Crippen LogP contribution in [0.3, 0.4) is 0 Å². The third-order valence-electron chi connectivity index (χ3n) is 6.62. The maximum Gasteiger partial charge on any atom is 0.238 e. The number of ether oxygens (including phenoxy) is 3. The molecule has 2 atom stereocenters. The molecule has 3 heterocycles. The van der Waals surface area contributed by atoms with Crippen LogP contribution in [0, 0.1) is 0 Å². The Morgan fingerprint density at radius 2 is 2.06 bits per heavy atom. The van der Waals surface area contributed by atoms with Gasteiger partial charge < -0.3 is 23.9 Å². The molecule has 3 aromatic rings. The molecular weight excluding hydrogens is 396 g/mol. The molecule has 2 aliphatic heterocycles. The summed E-state index contributed by atoms with van der Waals surface area (Å²) in [6.07, 6.45) is 2.97. The molecule has 0 saturated carbocycles. The molecule has 31 heavy (non-hydrogen) atoms. The standard InChI is InChI=1S/C24H28N2O5/c1-28-21-12-17-16-6-3-4-7-19(16)31-20(17)13-18(21)25-23(27)15-26-10-9-24(8-5-11-30-24)22(14-26)29-2/h3-4,6-7,12-13,22H,5,8-11,14-15H2,1-2H3,(H,25,27)/t22-,24+/m0/s1. The van der Waals surface area contributed by atoms with E-state index in [9.17, 15) is 4.79 Å². The number of hydrogen-bond donors (Lipinski definition) is 1. The average Bonchev–Trinajstić information content (AvgIpc) is 3.39. The third kappa shape index (κ3) is 3.67. The number of amides is 1. The van der Waals surface area contributed by atoms with Crippen molar-refractivity contribution in [3.63, 3.8) is 0 Å². The lowest BCUT2D eigenvalue weighted by molar-refractivity contribution is -0.145. The van der Waals surface area contributed by atoms with E-state index in [1.54, 1.807) is 14.2 Å². The molecule has 0 radical (unpaired) electrons. The van der Waals surface area contributed by atoms with Gasteiger partial charge in [-0.2, -0.15) is 0 Å². The maximum absolute atomic E-state index is 12.9. The van der Waals surface area contributed by atoms with Gasteiger partial charge in [-0.25, -0.2) is 0 Å². The molecule has 5 rings (SSSR count). The highest BCUT2D eigenvalue weighted by Crippen LogP contribution is 2.38. The van der Waals surface area contributed by atoms with E-state index in [-0.39, 0.29) is 24.2 Å². The summed E-state index contributed by atoms with van der Waals surface area (Å²) in [5.74, 6) is 0.519. The van der Waals surface area contributed by atoms with E-state index in [4.69, 9.17) is 18.6 Å². The number of likely N-dealkylation sites (tertiary alicyclic amines) is 1. The Hall–Kier alpha value is -2.61. The van der Waals surface area contributed by atoms with Crippen molar-refractivity contribution in [1.82, 2.24) is 4.90 Å². The molecule has 1 amide bonds. The fraction of sp³-hybridized carbons (Fsp3) is 0.458. The highest BCUT2D eigenvalue weighted by Gasteiger charge is 2.46. The molecule has 1 N–H and O–H groups in total. The lowest BCUT2D eigenvalue weighted by Gasteiger charge is -2.44. The van der Waals surface area contributed by atoms with Gasteiger partial charge in [-0.15, -0.1) is 0 Å². The van der Waals surface area contributed by atoms with Crippen molar-refractivity contribution in [3.05, 3.63) is 36.4 Å². The first-order chi connectivity index (χ1) is 15.1. The normalized spacial score (nSPS) is 24.3. The number of anilines is 1. The minimum absolute atomic E-state index is 0.0158. The molecular formula is C24H28N2O5. The largest absolute Gasteiger partial charge is 0.495 e. The number of nitrogens with zero attached hydrogens (tertiary/aromatic N) is 1. The highest BCUT2D eigenvalue weighted by atomic mass is 16.5. The number of benzene rings is 2. The molecule has 7 nitrogen and oxygen atoms in total. The van der Waals surface area contributed by atoms with E-state index in [0.717, 1.165) is 54.4 Å². The van der Waals surface area contributed by atoms with Gasteiger partial charge in [0.15, 0.2) is 0 Å². The number of carbonyl (C=O) groups is 1. The Kier molecular flexibility index (Phi) is 5.33. The molecule has 2 aromatic carbocycles. The molecule has 2 saturated heterocycles. The number of carbonyl (C=O) groups excluding carboxylic acids is 1. The number of piperidine rings is 1. The zero-order valence-electron chi connectivity index (χ0n) is 18.0. The molecule has 0 bridgehead atoms. The van der Waals surface area contributed by atoms with Gasteiger partial charge in [0.25, 0.3) is 0 Å². The second-order valence-corrected chi connectivity index (χ2v) is 8.42. The predicted molar refractivity (Wildman–Crippen MR) is 119 cm³/mol. The summed E-state index contributed by atoms with van der Waals surface area (Å²) < 4.78 is 23.3. The van der Waals surface area contributed by atoms with Crippen LogP contribution in [0.15, 0.2) is 40.8 Å². The van der Waals surface area contributed by atoms with Crippen LogP contribution in [-0.2, 0) is 14.3 Å². The van der Waals surface area contributed by atoms with E-state index >= 15 is 0 Å². The Labute approximate surface area is 181 Å². The van der Waals surface area contributed by atoms with E-state index in [1.165, 1.54) is 0 Å². The van der Waals surface area contributed by atoms with Gasteiger partial charge >= 0.3 is 0 Å². The number of nitrogens with one attached hydrogen (secondary N) is 1. The van der Waals surface area contributed by atoms with Crippen LogP contribution < -0.4 is 10.1 Å². The number of fused-ring (bicyclic) bond motifs is 3. The van der Waals surface area contributed by atoms with E-state index in [0.29, 0.717) is 18.0 Å². The minimum atomic E-state index is -0.183. The molecule has 7 heteroatoms. The van der Waals surface area contributed by atoms with Gasteiger partial charge in [0.05, 0.1) is 31.0 Å². The van der Waals surface area contributed by atoms with E-state index in [2.05, 4.69) is 10.2 Å². The van der Waals surface area contributed by atoms with Crippen LogP contribution in [0.4, 0.5) is 5.69 Å². The molecule has 0 aliphatic carbocycles. The summed E-state index contributed by atoms with van der Waals surface area (Å²) in [6.45, 7) is 2.58. The van der Waals surface area contributed by atoms with Gasteiger partial charge in [-0.1, -0.05) is 18.2 Å². The van der Waals surface area contributed by atoms with Gasteiger partial charge in [0.1, 0.15) is 16.9 Å². The van der Waals surface area contributed by atoms with Crippen LogP contribution in [0.2, 0.25) is 0 Å². The predicted octanol–water partition coefficient (Wildman–Crippen LogP) is 3.80. The first-order valence-corrected chi connectivity index (χ1v) is 10.8. The van der Waals surface area contributed by atoms with Crippen molar-refractivity contribution in [2.75, 3.05) is 45.8 Å². The summed E-state index contributed by atoms with van der Waals surface area (Å²) in [4.78, 5) is 15.0. The van der Waals surface area contributed by atoms with Crippen molar-refractivity contribution < 1.29 is 23.4 Å². The number of methoxy groups -OCH3 is 2. The number of rotatable bonds is 5. The summed E-state index contributed by atoms with van der Waals surface area (Å²) in [6, 6.07) is 11.6. The van der Waals surface area contributed by atoms with Crippen LogP contribution in [0.25, 0.3) is 21.9 Å². The van der Waals surface area contributed by atoms with Crippen LogP contribution >= 0.6 is 0 Å². The van der Waals surface area contributed by atoms with Crippen molar-refractivity contribution in [2.24, 2.45) is 0 Å². The number of hydrogen-bond acceptors (Lipinski definition) is 6. The first-order valence-electron chi connectivity index (χ1n) is 10.8. The quantitative estimate of drug-likeness (QED) is 0.672. The number of furan rings is 1. The zero-order valence-corrected chi connectivity index (χ0v) is 18.0. The van der Waals surface area contributed by atoms with Crippen LogP contribution in [0.5, 0.6) is 5.75 Å².